The van der Waals surface area contributed by atoms with Crippen LogP contribution >= 0.6 is 0 Å². The molecule has 3 rings (SSSR count). The minimum atomic E-state index is -0.334. The summed E-state index contributed by atoms with van der Waals surface area (Å²) < 4.78 is 0. The number of pyridine rings is 2. The van der Waals surface area contributed by atoms with Crippen molar-refractivity contribution in [3.05, 3.63) is 95.6 Å². The monoisotopic (exact) mass is 346 g/mol. The first-order valence-electron chi connectivity index (χ1n) is 8.18. The van der Waals surface area contributed by atoms with Gasteiger partial charge in [0.25, 0.3) is 11.8 Å². The lowest BCUT2D eigenvalue weighted by molar-refractivity contribution is 0.0941. The lowest BCUT2D eigenvalue weighted by Gasteiger charge is -2.07. The molecule has 0 aliphatic carbocycles. The summed E-state index contributed by atoms with van der Waals surface area (Å²) >= 11 is 0. The zero-order chi connectivity index (χ0) is 18.2. The van der Waals surface area contributed by atoms with E-state index < -0.39 is 0 Å². The standard InChI is InChI=1S/C20H18N4O2/c25-19(22-13-15-5-2-1-3-6-15)17-7-4-8-18(24-17)20(26)23-14-16-9-11-21-12-10-16/h1-12H,13-14H2,(H,22,25)(H,23,26). The Hall–Kier alpha value is -3.54. The summed E-state index contributed by atoms with van der Waals surface area (Å²) in [5.74, 6) is -0.655. The molecule has 2 heterocycles. The van der Waals surface area contributed by atoms with Crippen LogP contribution in [0.4, 0.5) is 0 Å². The van der Waals surface area contributed by atoms with E-state index in [4.69, 9.17) is 0 Å². The Morgan fingerprint density at radius 2 is 1.23 bits per heavy atom. The van der Waals surface area contributed by atoms with Crippen LogP contribution in [0.2, 0.25) is 0 Å². The van der Waals surface area contributed by atoms with Crippen molar-refractivity contribution in [1.82, 2.24) is 20.6 Å². The number of aromatic nitrogens is 2. The fraction of sp³-hybridized carbons (Fsp3) is 0.100. The predicted octanol–water partition coefficient (Wildman–Crippen LogP) is 2.34. The third kappa shape index (κ3) is 4.73. The molecule has 3 aromatic rings. The molecule has 0 fully saturated rings. The van der Waals surface area contributed by atoms with Crippen LogP contribution in [0, 0.1) is 0 Å². The number of amides is 2. The quantitative estimate of drug-likeness (QED) is 0.717. The molecule has 2 aromatic heterocycles. The normalized spacial score (nSPS) is 10.2. The molecule has 0 unspecified atom stereocenters. The lowest BCUT2D eigenvalue weighted by atomic mass is 10.2. The molecule has 1 aromatic carbocycles. The van der Waals surface area contributed by atoms with Crippen molar-refractivity contribution in [2.75, 3.05) is 0 Å². The summed E-state index contributed by atoms with van der Waals surface area (Å²) in [4.78, 5) is 32.6. The van der Waals surface area contributed by atoms with Crippen LogP contribution in [-0.4, -0.2) is 21.8 Å². The zero-order valence-corrected chi connectivity index (χ0v) is 14.1. The van der Waals surface area contributed by atoms with E-state index in [9.17, 15) is 9.59 Å². The van der Waals surface area contributed by atoms with Crippen LogP contribution in [-0.2, 0) is 13.1 Å². The van der Waals surface area contributed by atoms with Gasteiger partial charge in [0.2, 0.25) is 0 Å². The molecule has 6 heteroatoms. The first-order chi connectivity index (χ1) is 12.7. The maximum atomic E-state index is 12.3. The molecule has 0 saturated heterocycles. The maximum absolute atomic E-state index is 12.3. The molecule has 0 spiro atoms. The third-order valence-corrected chi connectivity index (χ3v) is 3.71. The third-order valence-electron chi connectivity index (χ3n) is 3.71. The van der Waals surface area contributed by atoms with Gasteiger partial charge in [0.1, 0.15) is 11.4 Å². The van der Waals surface area contributed by atoms with Crippen molar-refractivity contribution in [2.24, 2.45) is 0 Å². The highest BCUT2D eigenvalue weighted by atomic mass is 16.2. The highest BCUT2D eigenvalue weighted by Crippen LogP contribution is 2.03. The van der Waals surface area contributed by atoms with Crippen molar-refractivity contribution >= 4 is 11.8 Å². The van der Waals surface area contributed by atoms with E-state index in [2.05, 4.69) is 20.6 Å². The van der Waals surface area contributed by atoms with Gasteiger partial charge in [-0.15, -0.1) is 0 Å². The fourth-order valence-corrected chi connectivity index (χ4v) is 2.33. The van der Waals surface area contributed by atoms with Gasteiger partial charge in [0.05, 0.1) is 0 Å². The fourth-order valence-electron chi connectivity index (χ4n) is 2.33. The predicted molar refractivity (Wildman–Crippen MR) is 97.3 cm³/mol. The number of benzene rings is 1. The summed E-state index contributed by atoms with van der Waals surface area (Å²) in [5.41, 5.74) is 2.33. The number of carbonyl (C=O) groups is 2. The van der Waals surface area contributed by atoms with Crippen LogP contribution in [0.3, 0.4) is 0 Å². The van der Waals surface area contributed by atoms with Gasteiger partial charge in [-0.2, -0.15) is 0 Å². The number of carbonyl (C=O) groups excluding carboxylic acids is 2. The molecular formula is C20H18N4O2. The van der Waals surface area contributed by atoms with Gasteiger partial charge in [0, 0.05) is 25.5 Å². The summed E-state index contributed by atoms with van der Waals surface area (Å²) in [6.45, 7) is 0.771. The van der Waals surface area contributed by atoms with Crippen LogP contribution in [0.25, 0.3) is 0 Å². The van der Waals surface area contributed by atoms with E-state index in [1.807, 2.05) is 42.5 Å². The van der Waals surface area contributed by atoms with Gasteiger partial charge >= 0.3 is 0 Å². The van der Waals surface area contributed by atoms with E-state index in [0.29, 0.717) is 13.1 Å². The van der Waals surface area contributed by atoms with Crippen molar-refractivity contribution in [3.8, 4) is 0 Å². The highest BCUT2D eigenvalue weighted by molar-refractivity contribution is 5.96. The summed E-state index contributed by atoms with van der Waals surface area (Å²) in [7, 11) is 0. The minimum Gasteiger partial charge on any atom is -0.347 e. The molecular weight excluding hydrogens is 328 g/mol. The smallest absolute Gasteiger partial charge is 0.270 e. The second-order valence-electron chi connectivity index (χ2n) is 5.61. The van der Waals surface area contributed by atoms with Crippen LogP contribution in [0.5, 0.6) is 0 Å². The van der Waals surface area contributed by atoms with E-state index in [1.54, 1.807) is 30.6 Å². The number of rotatable bonds is 6. The Balaban J connectivity index is 1.60. The number of nitrogens with zero attached hydrogens (tertiary/aromatic N) is 2. The Bertz CT molecular complexity index is 812. The maximum Gasteiger partial charge on any atom is 0.270 e. The highest BCUT2D eigenvalue weighted by Gasteiger charge is 2.12. The number of hydrogen-bond acceptors (Lipinski definition) is 4. The molecule has 0 atom stereocenters. The van der Waals surface area contributed by atoms with E-state index in [-0.39, 0.29) is 23.2 Å². The van der Waals surface area contributed by atoms with Crippen LogP contribution < -0.4 is 10.6 Å². The molecule has 0 radical (unpaired) electrons. The second-order valence-corrected chi connectivity index (χ2v) is 5.61. The van der Waals surface area contributed by atoms with Crippen molar-refractivity contribution < 1.29 is 9.59 Å². The molecule has 130 valence electrons. The SMILES string of the molecule is O=C(NCc1ccccc1)c1cccc(C(=O)NCc2ccncc2)n1. The first-order valence-corrected chi connectivity index (χ1v) is 8.18. The Kier molecular flexibility index (Phi) is 5.67. The lowest BCUT2D eigenvalue weighted by Crippen LogP contribution is -2.27. The Morgan fingerprint density at radius 3 is 1.81 bits per heavy atom. The molecule has 0 aliphatic heterocycles. The molecule has 0 saturated carbocycles. The summed E-state index contributed by atoms with van der Waals surface area (Å²) in [6, 6.07) is 18.0. The Morgan fingerprint density at radius 1 is 0.692 bits per heavy atom. The van der Waals surface area contributed by atoms with Crippen molar-refractivity contribution in [3.63, 3.8) is 0 Å². The molecule has 0 bridgehead atoms. The van der Waals surface area contributed by atoms with Gasteiger partial charge in [-0.3, -0.25) is 14.6 Å². The van der Waals surface area contributed by atoms with Gasteiger partial charge < -0.3 is 10.6 Å². The molecule has 26 heavy (non-hydrogen) atoms. The second kappa shape index (κ2) is 8.53. The van der Waals surface area contributed by atoms with Gasteiger partial charge in [-0.25, -0.2) is 4.98 Å². The average Bonchev–Trinajstić information content (AvgIpc) is 2.72. The summed E-state index contributed by atoms with van der Waals surface area (Å²) in [6.07, 6.45) is 3.33. The van der Waals surface area contributed by atoms with E-state index in [0.717, 1.165) is 11.1 Å². The largest absolute Gasteiger partial charge is 0.347 e. The van der Waals surface area contributed by atoms with E-state index >= 15 is 0 Å². The van der Waals surface area contributed by atoms with Crippen molar-refractivity contribution in [1.29, 1.82) is 0 Å². The average molecular weight is 346 g/mol. The van der Waals surface area contributed by atoms with Crippen molar-refractivity contribution in [2.45, 2.75) is 13.1 Å². The van der Waals surface area contributed by atoms with Gasteiger partial charge in [-0.1, -0.05) is 36.4 Å². The van der Waals surface area contributed by atoms with Crippen LogP contribution in [0.1, 0.15) is 32.1 Å². The number of hydrogen-bond donors (Lipinski definition) is 2. The zero-order valence-electron chi connectivity index (χ0n) is 14.1. The molecule has 6 nitrogen and oxygen atoms in total. The van der Waals surface area contributed by atoms with Gasteiger partial charge in [0.15, 0.2) is 0 Å². The first kappa shape index (κ1) is 17.3. The molecule has 0 aliphatic rings. The van der Waals surface area contributed by atoms with E-state index in [1.165, 1.54) is 0 Å². The summed E-state index contributed by atoms with van der Waals surface area (Å²) in [5, 5.41) is 5.58. The molecule has 2 amide bonds. The minimum absolute atomic E-state index is 0.200. The Labute approximate surface area is 151 Å². The topological polar surface area (TPSA) is 84.0 Å². The number of nitrogens with one attached hydrogen (secondary N) is 2. The molecule has 2 N–H and O–H groups in total. The van der Waals surface area contributed by atoms with Gasteiger partial charge in [-0.05, 0) is 35.4 Å². The van der Waals surface area contributed by atoms with Crippen LogP contribution in [0.15, 0.2) is 73.1 Å².